The zero-order chi connectivity index (χ0) is 9.52. The van der Waals surface area contributed by atoms with E-state index in [9.17, 15) is 0 Å². The monoisotopic (exact) mass is 178 g/mol. The zero-order valence-corrected chi connectivity index (χ0v) is 8.00. The van der Waals surface area contributed by atoms with Gasteiger partial charge in [0.25, 0.3) is 0 Å². The van der Waals surface area contributed by atoms with Crippen LogP contribution >= 0.6 is 0 Å². The van der Waals surface area contributed by atoms with E-state index in [1.54, 1.807) is 0 Å². The fraction of sp³-hybridized carbons (Fsp3) is 0.455. The summed E-state index contributed by atoms with van der Waals surface area (Å²) in [6.45, 7) is 1.42. The molecule has 0 heterocycles. The van der Waals surface area contributed by atoms with Crippen LogP contribution in [-0.4, -0.2) is 6.54 Å². The van der Waals surface area contributed by atoms with Crippen molar-refractivity contribution in [1.82, 2.24) is 0 Å². The van der Waals surface area contributed by atoms with Crippen LogP contribution < -0.4 is 11.5 Å². The van der Waals surface area contributed by atoms with Gasteiger partial charge in [-0.15, -0.1) is 0 Å². The Bertz CT molecular complexity index is 228. The summed E-state index contributed by atoms with van der Waals surface area (Å²) in [5.41, 5.74) is 13.5. The van der Waals surface area contributed by atoms with E-state index in [1.807, 2.05) is 0 Å². The van der Waals surface area contributed by atoms with Crippen LogP contribution in [0.2, 0.25) is 0 Å². The first-order chi connectivity index (χ1) is 6.36. The molecule has 1 aromatic carbocycles. The average Bonchev–Trinajstić information content (AvgIpc) is 2.19. The van der Waals surface area contributed by atoms with Gasteiger partial charge in [0.15, 0.2) is 0 Å². The van der Waals surface area contributed by atoms with Crippen molar-refractivity contribution in [2.45, 2.75) is 25.8 Å². The van der Waals surface area contributed by atoms with Gasteiger partial charge in [-0.3, -0.25) is 0 Å². The van der Waals surface area contributed by atoms with Crippen LogP contribution in [0.4, 0.5) is 0 Å². The van der Waals surface area contributed by atoms with Crippen molar-refractivity contribution in [2.75, 3.05) is 6.54 Å². The Kier molecular flexibility index (Phi) is 4.50. The van der Waals surface area contributed by atoms with Crippen molar-refractivity contribution in [3.05, 3.63) is 35.4 Å². The van der Waals surface area contributed by atoms with Crippen molar-refractivity contribution in [3.8, 4) is 0 Å². The van der Waals surface area contributed by atoms with Crippen molar-refractivity contribution in [3.63, 3.8) is 0 Å². The lowest BCUT2D eigenvalue weighted by Gasteiger charge is -2.01. The van der Waals surface area contributed by atoms with Gasteiger partial charge >= 0.3 is 0 Å². The Labute approximate surface area is 79.9 Å². The molecule has 0 unspecified atom stereocenters. The Morgan fingerprint density at radius 1 is 0.846 bits per heavy atom. The highest BCUT2D eigenvalue weighted by atomic mass is 14.5. The SMILES string of the molecule is NCCCCc1ccc(CN)cc1. The summed E-state index contributed by atoms with van der Waals surface area (Å²) in [6.07, 6.45) is 3.42. The molecule has 0 spiro atoms. The smallest absolute Gasteiger partial charge is 0.0178 e. The molecule has 72 valence electrons. The molecule has 0 aliphatic heterocycles. The maximum absolute atomic E-state index is 5.51. The van der Waals surface area contributed by atoms with Crippen molar-refractivity contribution < 1.29 is 0 Å². The van der Waals surface area contributed by atoms with E-state index >= 15 is 0 Å². The summed E-state index contributed by atoms with van der Waals surface area (Å²) in [5, 5.41) is 0. The molecule has 0 aliphatic carbocycles. The highest BCUT2D eigenvalue weighted by Gasteiger charge is 1.93. The second-order valence-electron chi connectivity index (χ2n) is 3.27. The molecule has 0 atom stereocenters. The second-order valence-corrected chi connectivity index (χ2v) is 3.27. The van der Waals surface area contributed by atoms with Crippen LogP contribution in [0, 0.1) is 0 Å². The Balaban J connectivity index is 2.40. The lowest BCUT2D eigenvalue weighted by atomic mass is 10.1. The molecule has 0 saturated heterocycles. The fourth-order valence-corrected chi connectivity index (χ4v) is 1.32. The summed E-state index contributed by atoms with van der Waals surface area (Å²) in [7, 11) is 0. The highest BCUT2D eigenvalue weighted by molar-refractivity contribution is 5.22. The standard InChI is InChI=1S/C11H18N2/c12-8-2-1-3-10-4-6-11(9-13)7-5-10/h4-7H,1-3,8-9,12-13H2. The van der Waals surface area contributed by atoms with Crippen LogP contribution in [0.15, 0.2) is 24.3 Å². The minimum Gasteiger partial charge on any atom is -0.330 e. The van der Waals surface area contributed by atoms with Crippen LogP contribution in [0.5, 0.6) is 0 Å². The molecule has 0 aromatic heterocycles. The maximum Gasteiger partial charge on any atom is 0.0178 e. The number of hydrogen-bond donors (Lipinski definition) is 2. The van der Waals surface area contributed by atoms with Gasteiger partial charge in [-0.25, -0.2) is 0 Å². The van der Waals surface area contributed by atoms with Gasteiger partial charge in [0, 0.05) is 6.54 Å². The lowest BCUT2D eigenvalue weighted by Crippen LogP contribution is -1.99. The minimum absolute atomic E-state index is 0.628. The summed E-state index contributed by atoms with van der Waals surface area (Å²) >= 11 is 0. The Morgan fingerprint density at radius 2 is 1.46 bits per heavy atom. The third-order valence-corrected chi connectivity index (χ3v) is 2.18. The number of nitrogens with two attached hydrogens (primary N) is 2. The average molecular weight is 178 g/mol. The summed E-state index contributed by atoms with van der Waals surface area (Å²) in [4.78, 5) is 0. The lowest BCUT2D eigenvalue weighted by molar-refractivity contribution is 0.744. The van der Waals surface area contributed by atoms with Gasteiger partial charge in [-0.2, -0.15) is 0 Å². The molecule has 0 bridgehead atoms. The molecular weight excluding hydrogens is 160 g/mol. The predicted octanol–water partition coefficient (Wildman–Crippen LogP) is 1.43. The van der Waals surface area contributed by atoms with Crippen LogP contribution in [0.1, 0.15) is 24.0 Å². The molecule has 0 aliphatic rings. The van der Waals surface area contributed by atoms with Crippen molar-refractivity contribution >= 4 is 0 Å². The van der Waals surface area contributed by atoms with Gasteiger partial charge in [0.1, 0.15) is 0 Å². The Morgan fingerprint density at radius 3 is 2.00 bits per heavy atom. The molecule has 0 saturated carbocycles. The number of unbranched alkanes of at least 4 members (excludes halogenated alkanes) is 1. The number of benzene rings is 1. The van der Waals surface area contributed by atoms with E-state index in [1.165, 1.54) is 17.5 Å². The van der Waals surface area contributed by atoms with Gasteiger partial charge in [-0.05, 0) is 36.9 Å². The number of rotatable bonds is 5. The maximum atomic E-state index is 5.51. The molecule has 4 N–H and O–H groups in total. The Hall–Kier alpha value is -0.860. The van der Waals surface area contributed by atoms with Gasteiger partial charge in [0.2, 0.25) is 0 Å². The second kappa shape index (κ2) is 5.73. The molecule has 0 fully saturated rings. The van der Waals surface area contributed by atoms with Crippen molar-refractivity contribution in [1.29, 1.82) is 0 Å². The van der Waals surface area contributed by atoms with Gasteiger partial charge < -0.3 is 11.5 Å². The van der Waals surface area contributed by atoms with Gasteiger partial charge in [0.05, 0.1) is 0 Å². The number of hydrogen-bond acceptors (Lipinski definition) is 2. The fourth-order valence-electron chi connectivity index (χ4n) is 1.32. The first kappa shape index (κ1) is 10.2. The molecule has 2 nitrogen and oxygen atoms in total. The highest BCUT2D eigenvalue weighted by Crippen LogP contribution is 2.06. The van der Waals surface area contributed by atoms with E-state index in [0.29, 0.717) is 6.54 Å². The van der Waals surface area contributed by atoms with E-state index in [-0.39, 0.29) is 0 Å². The topological polar surface area (TPSA) is 52.0 Å². The van der Waals surface area contributed by atoms with E-state index in [0.717, 1.165) is 19.4 Å². The molecule has 0 radical (unpaired) electrons. The zero-order valence-electron chi connectivity index (χ0n) is 8.00. The summed E-state index contributed by atoms with van der Waals surface area (Å²) < 4.78 is 0. The quantitative estimate of drug-likeness (QED) is 0.670. The summed E-state index contributed by atoms with van der Waals surface area (Å²) in [6, 6.07) is 8.49. The largest absolute Gasteiger partial charge is 0.330 e. The summed E-state index contributed by atoms with van der Waals surface area (Å²) in [5.74, 6) is 0. The number of aryl methyl sites for hydroxylation is 1. The van der Waals surface area contributed by atoms with Crippen LogP contribution in [0.3, 0.4) is 0 Å². The first-order valence-electron chi connectivity index (χ1n) is 4.84. The molecular formula is C11H18N2. The van der Waals surface area contributed by atoms with E-state index < -0.39 is 0 Å². The van der Waals surface area contributed by atoms with Gasteiger partial charge in [-0.1, -0.05) is 24.3 Å². The minimum atomic E-state index is 0.628. The molecule has 2 heteroatoms. The van der Waals surface area contributed by atoms with Crippen molar-refractivity contribution in [2.24, 2.45) is 11.5 Å². The first-order valence-corrected chi connectivity index (χ1v) is 4.84. The molecule has 13 heavy (non-hydrogen) atoms. The van der Waals surface area contributed by atoms with E-state index in [2.05, 4.69) is 24.3 Å². The predicted molar refractivity (Wildman–Crippen MR) is 56.3 cm³/mol. The normalized spacial score (nSPS) is 10.3. The molecule has 1 aromatic rings. The third kappa shape index (κ3) is 3.57. The van der Waals surface area contributed by atoms with Crippen LogP contribution in [0.25, 0.3) is 0 Å². The van der Waals surface area contributed by atoms with E-state index in [4.69, 9.17) is 11.5 Å². The third-order valence-electron chi connectivity index (χ3n) is 2.18. The molecule has 1 rings (SSSR count). The van der Waals surface area contributed by atoms with Crippen LogP contribution in [-0.2, 0) is 13.0 Å². The molecule has 0 amide bonds.